The van der Waals surface area contributed by atoms with Crippen molar-refractivity contribution in [1.82, 2.24) is 10.8 Å². The number of hydroxylamine groups is 1. The molecule has 214 valence electrons. The van der Waals surface area contributed by atoms with Crippen molar-refractivity contribution in [3.8, 4) is 11.5 Å². The Hall–Kier alpha value is -3.82. The summed E-state index contributed by atoms with van der Waals surface area (Å²) in [6.07, 6.45) is 2.95. The minimum atomic E-state index is -4.37. The molecule has 3 N–H and O–H groups in total. The Bertz CT molecular complexity index is 1170. The van der Waals surface area contributed by atoms with Gasteiger partial charge in [-0.15, -0.1) is 0 Å². The highest BCUT2D eigenvalue weighted by Gasteiger charge is 2.30. The predicted octanol–water partition coefficient (Wildman–Crippen LogP) is 6.96. The number of carbonyl (C=O) groups excluding carboxylic acids is 1. The highest BCUT2D eigenvalue weighted by Crippen LogP contribution is 2.32. The lowest BCUT2D eigenvalue weighted by Crippen LogP contribution is -2.21. The Morgan fingerprint density at radius 2 is 1.52 bits per heavy atom. The molecule has 0 aromatic heterocycles. The van der Waals surface area contributed by atoms with Crippen molar-refractivity contribution in [2.24, 2.45) is 0 Å². The molecular weight excluding hydrogens is 521 g/mol. The molecule has 3 aromatic rings. The van der Waals surface area contributed by atoms with Crippen LogP contribution in [0.5, 0.6) is 11.5 Å². The van der Waals surface area contributed by atoms with Gasteiger partial charge in [-0.3, -0.25) is 10.0 Å². The number of alkyl halides is 3. The van der Waals surface area contributed by atoms with Gasteiger partial charge in [-0.2, -0.15) is 13.2 Å². The Morgan fingerprint density at radius 1 is 0.850 bits per heavy atom. The normalized spacial score (nSPS) is 12.3. The summed E-state index contributed by atoms with van der Waals surface area (Å²) in [6, 6.07) is 21.8. The third-order valence-corrected chi connectivity index (χ3v) is 6.15. The lowest BCUT2D eigenvalue weighted by molar-refractivity contribution is -0.137. The standard InChI is InChI=1S/C31H35F3N2O4/c32-31(33,34)26-13-17-28(18-14-26)40-29(25-8-4-3-5-9-25)20-22-35-21-6-1-2-7-23-39-27-15-10-24(11-16-27)12-19-30(37)36-38/h3-5,8-19,29,35,38H,1-2,6-7,20-23H2,(H,36,37)/b19-12+. The number of nitrogens with one attached hydrogen (secondary N) is 2. The first kappa shape index (κ1) is 30.7. The smallest absolute Gasteiger partial charge is 0.416 e. The summed E-state index contributed by atoms with van der Waals surface area (Å²) in [6.45, 7) is 2.21. The Labute approximate surface area is 232 Å². The van der Waals surface area contributed by atoms with Crippen LogP contribution >= 0.6 is 0 Å². The third kappa shape index (κ3) is 11.1. The van der Waals surface area contributed by atoms with Crippen LogP contribution in [0.3, 0.4) is 0 Å². The van der Waals surface area contributed by atoms with E-state index in [1.807, 2.05) is 54.6 Å². The number of amides is 1. The molecule has 0 fully saturated rings. The fourth-order valence-electron chi connectivity index (χ4n) is 3.99. The van der Waals surface area contributed by atoms with Crippen molar-refractivity contribution in [2.75, 3.05) is 19.7 Å². The third-order valence-electron chi connectivity index (χ3n) is 6.15. The number of unbranched alkanes of at least 4 members (excludes halogenated alkanes) is 3. The molecule has 0 aliphatic rings. The van der Waals surface area contributed by atoms with Crippen molar-refractivity contribution in [2.45, 2.75) is 44.4 Å². The summed E-state index contributed by atoms with van der Waals surface area (Å²) in [5.41, 5.74) is 2.65. The van der Waals surface area contributed by atoms with E-state index in [0.717, 1.165) is 67.8 Å². The number of hydrogen-bond acceptors (Lipinski definition) is 5. The summed E-state index contributed by atoms with van der Waals surface area (Å²) in [5.74, 6) is 0.582. The number of rotatable bonds is 16. The molecule has 0 saturated carbocycles. The van der Waals surface area contributed by atoms with Crippen LogP contribution in [-0.4, -0.2) is 30.8 Å². The van der Waals surface area contributed by atoms with E-state index in [4.69, 9.17) is 14.7 Å². The summed E-state index contributed by atoms with van der Waals surface area (Å²) in [7, 11) is 0. The molecule has 0 saturated heterocycles. The number of benzene rings is 3. The van der Waals surface area contributed by atoms with Crippen LogP contribution in [0.1, 0.15) is 54.9 Å². The van der Waals surface area contributed by atoms with E-state index < -0.39 is 17.6 Å². The number of hydrogen-bond donors (Lipinski definition) is 3. The fourth-order valence-corrected chi connectivity index (χ4v) is 3.99. The maximum atomic E-state index is 12.9. The lowest BCUT2D eigenvalue weighted by Gasteiger charge is -2.20. The molecule has 3 aromatic carbocycles. The molecule has 40 heavy (non-hydrogen) atoms. The molecule has 0 aliphatic heterocycles. The summed E-state index contributed by atoms with van der Waals surface area (Å²) in [5, 5.41) is 11.9. The van der Waals surface area contributed by atoms with E-state index in [0.29, 0.717) is 18.8 Å². The molecule has 6 nitrogen and oxygen atoms in total. The zero-order chi connectivity index (χ0) is 28.6. The minimum Gasteiger partial charge on any atom is -0.494 e. The fraction of sp³-hybridized carbons (Fsp3) is 0.323. The van der Waals surface area contributed by atoms with Crippen molar-refractivity contribution < 1.29 is 32.6 Å². The van der Waals surface area contributed by atoms with Crippen LogP contribution < -0.4 is 20.3 Å². The van der Waals surface area contributed by atoms with Gasteiger partial charge in [-0.25, -0.2) is 5.48 Å². The van der Waals surface area contributed by atoms with Crippen LogP contribution in [0.4, 0.5) is 13.2 Å². The van der Waals surface area contributed by atoms with E-state index in [1.165, 1.54) is 18.2 Å². The lowest BCUT2D eigenvalue weighted by atomic mass is 10.1. The zero-order valence-corrected chi connectivity index (χ0v) is 22.2. The average molecular weight is 557 g/mol. The summed E-state index contributed by atoms with van der Waals surface area (Å²) >= 11 is 0. The Balaban J connectivity index is 1.30. The number of ether oxygens (including phenoxy) is 2. The van der Waals surface area contributed by atoms with Crippen molar-refractivity contribution in [3.63, 3.8) is 0 Å². The second-order valence-corrected chi connectivity index (χ2v) is 9.22. The van der Waals surface area contributed by atoms with Gasteiger partial charge in [0, 0.05) is 12.5 Å². The van der Waals surface area contributed by atoms with E-state index in [1.54, 1.807) is 11.6 Å². The molecule has 0 radical (unpaired) electrons. The van der Waals surface area contributed by atoms with E-state index in [-0.39, 0.29) is 6.10 Å². The van der Waals surface area contributed by atoms with Gasteiger partial charge in [0.1, 0.15) is 17.6 Å². The molecule has 0 heterocycles. The van der Waals surface area contributed by atoms with Crippen LogP contribution in [0, 0.1) is 0 Å². The van der Waals surface area contributed by atoms with Crippen LogP contribution in [-0.2, 0) is 11.0 Å². The van der Waals surface area contributed by atoms with Gasteiger partial charge in [0.25, 0.3) is 5.91 Å². The molecule has 9 heteroatoms. The highest BCUT2D eigenvalue weighted by atomic mass is 19.4. The Kier molecular flexibility index (Phi) is 12.5. The maximum Gasteiger partial charge on any atom is 0.416 e. The first-order chi connectivity index (χ1) is 19.3. The highest BCUT2D eigenvalue weighted by molar-refractivity contribution is 5.90. The molecule has 0 spiro atoms. The predicted molar refractivity (Wildman–Crippen MR) is 148 cm³/mol. The van der Waals surface area contributed by atoms with Crippen LogP contribution in [0.25, 0.3) is 6.08 Å². The molecule has 1 amide bonds. The van der Waals surface area contributed by atoms with Gasteiger partial charge in [0.05, 0.1) is 12.2 Å². The molecule has 0 aliphatic carbocycles. The van der Waals surface area contributed by atoms with Gasteiger partial charge >= 0.3 is 6.18 Å². The van der Waals surface area contributed by atoms with Gasteiger partial charge in [-0.1, -0.05) is 55.3 Å². The topological polar surface area (TPSA) is 79.8 Å². The van der Waals surface area contributed by atoms with Crippen LogP contribution in [0.15, 0.2) is 84.9 Å². The Morgan fingerprint density at radius 3 is 2.20 bits per heavy atom. The molecule has 1 unspecified atom stereocenters. The minimum absolute atomic E-state index is 0.271. The van der Waals surface area contributed by atoms with Gasteiger partial charge < -0.3 is 14.8 Å². The zero-order valence-electron chi connectivity index (χ0n) is 22.2. The van der Waals surface area contributed by atoms with Crippen molar-refractivity contribution in [1.29, 1.82) is 0 Å². The molecule has 0 bridgehead atoms. The number of carbonyl (C=O) groups is 1. The first-order valence-corrected chi connectivity index (χ1v) is 13.3. The summed E-state index contributed by atoms with van der Waals surface area (Å²) < 4.78 is 50.4. The quantitative estimate of drug-likeness (QED) is 0.0769. The second kappa shape index (κ2) is 16.3. The molecule has 1 atom stereocenters. The van der Waals surface area contributed by atoms with Crippen molar-refractivity contribution in [3.05, 3.63) is 102 Å². The maximum absolute atomic E-state index is 12.9. The van der Waals surface area contributed by atoms with E-state index in [9.17, 15) is 18.0 Å². The first-order valence-electron chi connectivity index (χ1n) is 13.3. The van der Waals surface area contributed by atoms with E-state index >= 15 is 0 Å². The molecular formula is C31H35F3N2O4. The van der Waals surface area contributed by atoms with Gasteiger partial charge in [0.2, 0.25) is 0 Å². The second-order valence-electron chi connectivity index (χ2n) is 9.22. The monoisotopic (exact) mass is 556 g/mol. The van der Waals surface area contributed by atoms with E-state index in [2.05, 4.69) is 5.32 Å². The SMILES string of the molecule is O=C(/C=C/c1ccc(OCCCCCCNCCC(Oc2ccc(C(F)(F)F)cc2)c2ccccc2)cc1)NO. The van der Waals surface area contributed by atoms with Gasteiger partial charge in [-0.05, 0) is 79.5 Å². The van der Waals surface area contributed by atoms with Crippen molar-refractivity contribution >= 4 is 12.0 Å². The van der Waals surface area contributed by atoms with Gasteiger partial charge in [0.15, 0.2) is 0 Å². The average Bonchev–Trinajstić information content (AvgIpc) is 2.97. The molecule has 3 rings (SSSR count). The largest absolute Gasteiger partial charge is 0.494 e. The van der Waals surface area contributed by atoms with Crippen LogP contribution in [0.2, 0.25) is 0 Å². The number of halogens is 3. The summed E-state index contributed by atoms with van der Waals surface area (Å²) in [4.78, 5) is 11.0.